The Bertz CT molecular complexity index is 797. The van der Waals surface area contributed by atoms with Gasteiger partial charge in [0.05, 0.1) is 0 Å². The monoisotopic (exact) mass is 383 g/mol. The zero-order valence-electron chi connectivity index (χ0n) is 17.5. The van der Waals surface area contributed by atoms with Crippen molar-refractivity contribution in [1.82, 2.24) is 5.32 Å². The van der Waals surface area contributed by atoms with Crippen LogP contribution in [0.3, 0.4) is 0 Å². The minimum absolute atomic E-state index is 0.0220. The van der Waals surface area contributed by atoms with Crippen molar-refractivity contribution in [1.29, 1.82) is 0 Å². The second-order valence-corrected chi connectivity index (χ2v) is 9.48. The van der Waals surface area contributed by atoms with Gasteiger partial charge in [-0.25, -0.2) is 4.79 Å². The zero-order chi connectivity index (χ0) is 20.5. The first-order valence-electron chi connectivity index (χ1n) is 10.5. The zero-order valence-corrected chi connectivity index (χ0v) is 17.5. The molecule has 0 saturated heterocycles. The van der Waals surface area contributed by atoms with Gasteiger partial charge < -0.3 is 10.4 Å². The highest BCUT2D eigenvalue weighted by molar-refractivity contribution is 5.93. The SMILES string of the molecule is CC(C)c1ccc2c(c1)CC[C@H]1[C@](C)(CNC(=O)/C=C\C(=O)O)CCC[C@]21C. The average Bonchev–Trinajstić information content (AvgIpc) is 2.64. The molecular weight excluding hydrogens is 350 g/mol. The summed E-state index contributed by atoms with van der Waals surface area (Å²) in [6.07, 6.45) is 7.67. The van der Waals surface area contributed by atoms with Gasteiger partial charge in [0.1, 0.15) is 0 Å². The van der Waals surface area contributed by atoms with Gasteiger partial charge >= 0.3 is 5.97 Å². The third-order valence-electron chi connectivity index (χ3n) is 7.21. The maximum Gasteiger partial charge on any atom is 0.328 e. The summed E-state index contributed by atoms with van der Waals surface area (Å²) in [5.74, 6) is -0.374. The third kappa shape index (κ3) is 3.87. The Hall–Kier alpha value is -2.10. The van der Waals surface area contributed by atoms with Crippen LogP contribution >= 0.6 is 0 Å². The Kier molecular flexibility index (Phi) is 5.69. The molecule has 2 aliphatic rings. The number of aryl methyl sites for hydroxylation is 1. The molecule has 152 valence electrons. The lowest BCUT2D eigenvalue weighted by Gasteiger charge is -2.55. The Balaban J connectivity index is 1.82. The lowest BCUT2D eigenvalue weighted by atomic mass is 9.49. The second kappa shape index (κ2) is 7.73. The number of hydrogen-bond acceptors (Lipinski definition) is 2. The van der Waals surface area contributed by atoms with E-state index in [2.05, 4.69) is 51.2 Å². The first kappa shape index (κ1) is 20.6. The van der Waals surface area contributed by atoms with Crippen LogP contribution in [0.4, 0.5) is 0 Å². The van der Waals surface area contributed by atoms with Gasteiger partial charge in [-0.2, -0.15) is 0 Å². The van der Waals surface area contributed by atoms with Crippen molar-refractivity contribution in [3.8, 4) is 0 Å². The number of amides is 1. The summed E-state index contributed by atoms with van der Waals surface area (Å²) in [5.41, 5.74) is 4.57. The van der Waals surface area contributed by atoms with Crippen molar-refractivity contribution in [3.63, 3.8) is 0 Å². The molecule has 0 spiro atoms. The number of hydrogen-bond donors (Lipinski definition) is 2. The molecule has 28 heavy (non-hydrogen) atoms. The van der Waals surface area contributed by atoms with E-state index in [1.807, 2.05) is 0 Å². The van der Waals surface area contributed by atoms with E-state index in [1.165, 1.54) is 23.1 Å². The van der Waals surface area contributed by atoms with Crippen LogP contribution in [-0.4, -0.2) is 23.5 Å². The van der Waals surface area contributed by atoms with Gasteiger partial charge in [-0.1, -0.05) is 52.3 Å². The highest BCUT2D eigenvalue weighted by atomic mass is 16.4. The van der Waals surface area contributed by atoms with E-state index in [0.29, 0.717) is 18.4 Å². The molecule has 1 amide bonds. The molecule has 1 aromatic carbocycles. The van der Waals surface area contributed by atoms with Gasteiger partial charge in [0.2, 0.25) is 5.91 Å². The second-order valence-electron chi connectivity index (χ2n) is 9.48. The molecule has 3 rings (SSSR count). The molecule has 3 atom stereocenters. The number of carbonyl (C=O) groups is 2. The third-order valence-corrected chi connectivity index (χ3v) is 7.21. The predicted molar refractivity (Wildman–Crippen MR) is 111 cm³/mol. The van der Waals surface area contributed by atoms with Crippen LogP contribution in [0.1, 0.15) is 76.0 Å². The number of rotatable bonds is 5. The molecular formula is C24H33NO3. The van der Waals surface area contributed by atoms with Gasteiger partial charge in [-0.15, -0.1) is 0 Å². The minimum Gasteiger partial charge on any atom is -0.478 e. The predicted octanol–water partition coefficient (Wildman–Crippen LogP) is 4.58. The fourth-order valence-electron chi connectivity index (χ4n) is 5.71. The van der Waals surface area contributed by atoms with Crippen molar-refractivity contribution >= 4 is 11.9 Å². The summed E-state index contributed by atoms with van der Waals surface area (Å²) in [4.78, 5) is 22.6. The van der Waals surface area contributed by atoms with Crippen molar-refractivity contribution in [2.75, 3.05) is 6.54 Å². The van der Waals surface area contributed by atoms with Crippen LogP contribution in [0.25, 0.3) is 0 Å². The van der Waals surface area contributed by atoms with E-state index >= 15 is 0 Å². The van der Waals surface area contributed by atoms with Gasteiger partial charge in [0, 0.05) is 18.7 Å². The normalized spacial score (nSPS) is 29.4. The summed E-state index contributed by atoms with van der Waals surface area (Å²) in [5, 5.41) is 11.7. The van der Waals surface area contributed by atoms with Gasteiger partial charge in [-0.3, -0.25) is 4.79 Å². The van der Waals surface area contributed by atoms with E-state index in [1.54, 1.807) is 0 Å². The van der Waals surface area contributed by atoms with E-state index in [9.17, 15) is 9.59 Å². The molecule has 4 nitrogen and oxygen atoms in total. The molecule has 0 radical (unpaired) electrons. The number of carboxylic acid groups (broad SMARTS) is 1. The van der Waals surface area contributed by atoms with Crippen molar-refractivity contribution in [2.45, 2.75) is 71.1 Å². The molecule has 0 bridgehead atoms. The molecule has 0 aliphatic heterocycles. The van der Waals surface area contributed by atoms with Crippen LogP contribution in [0.2, 0.25) is 0 Å². The topological polar surface area (TPSA) is 66.4 Å². The van der Waals surface area contributed by atoms with Crippen molar-refractivity contribution < 1.29 is 14.7 Å². The Labute approximate surface area is 168 Å². The Morgan fingerprint density at radius 1 is 1.25 bits per heavy atom. The smallest absolute Gasteiger partial charge is 0.328 e. The maximum absolute atomic E-state index is 12.0. The van der Waals surface area contributed by atoms with Crippen LogP contribution in [0, 0.1) is 11.3 Å². The number of fused-ring (bicyclic) bond motifs is 3. The van der Waals surface area contributed by atoms with E-state index in [-0.39, 0.29) is 16.7 Å². The number of carboxylic acids is 1. The maximum atomic E-state index is 12.0. The largest absolute Gasteiger partial charge is 0.478 e. The Morgan fingerprint density at radius 2 is 2.00 bits per heavy atom. The molecule has 2 N–H and O–H groups in total. The fraction of sp³-hybridized carbons (Fsp3) is 0.583. The summed E-state index contributed by atoms with van der Waals surface area (Å²) < 4.78 is 0. The standard InChI is InChI=1S/C24H33NO3/c1-16(2)17-6-8-19-18(14-17)7-9-20-23(3,12-5-13-24(19,20)4)15-25-21(26)10-11-22(27)28/h6,8,10-11,14,16,20H,5,7,9,12-13,15H2,1-4H3,(H,25,26)(H,27,28)/b11-10-/t20-,23-,24+/m0/s1. The molecule has 2 aliphatic carbocycles. The number of aliphatic carboxylic acids is 1. The number of benzene rings is 1. The Morgan fingerprint density at radius 3 is 2.68 bits per heavy atom. The van der Waals surface area contributed by atoms with Crippen molar-refractivity contribution in [2.24, 2.45) is 11.3 Å². The summed E-state index contributed by atoms with van der Waals surface area (Å²) in [7, 11) is 0. The number of nitrogens with one attached hydrogen (secondary N) is 1. The molecule has 0 heterocycles. The fourth-order valence-corrected chi connectivity index (χ4v) is 5.71. The van der Waals surface area contributed by atoms with Crippen molar-refractivity contribution in [3.05, 3.63) is 47.0 Å². The van der Waals surface area contributed by atoms with Gasteiger partial charge in [0.25, 0.3) is 0 Å². The molecule has 4 heteroatoms. The summed E-state index contributed by atoms with van der Waals surface area (Å²) >= 11 is 0. The van der Waals surface area contributed by atoms with Crippen LogP contribution < -0.4 is 5.32 Å². The van der Waals surface area contributed by atoms with E-state index in [0.717, 1.165) is 37.8 Å². The molecule has 0 aromatic heterocycles. The highest BCUT2D eigenvalue weighted by Gasteiger charge is 2.51. The van der Waals surface area contributed by atoms with E-state index in [4.69, 9.17) is 5.11 Å². The molecule has 0 unspecified atom stereocenters. The average molecular weight is 384 g/mol. The van der Waals surface area contributed by atoms with Crippen LogP contribution in [-0.2, 0) is 21.4 Å². The first-order chi connectivity index (χ1) is 13.2. The molecule has 1 saturated carbocycles. The minimum atomic E-state index is -1.10. The summed E-state index contributed by atoms with van der Waals surface area (Å²) in [6, 6.07) is 7.06. The van der Waals surface area contributed by atoms with Gasteiger partial charge in [-0.05, 0) is 65.0 Å². The summed E-state index contributed by atoms with van der Waals surface area (Å²) in [6.45, 7) is 9.79. The quantitative estimate of drug-likeness (QED) is 0.732. The highest BCUT2D eigenvalue weighted by Crippen LogP contribution is 2.57. The lowest BCUT2D eigenvalue weighted by Crippen LogP contribution is -2.53. The number of carbonyl (C=O) groups excluding carboxylic acids is 1. The van der Waals surface area contributed by atoms with E-state index < -0.39 is 5.97 Å². The van der Waals surface area contributed by atoms with Crippen LogP contribution in [0.5, 0.6) is 0 Å². The molecule has 1 aromatic rings. The van der Waals surface area contributed by atoms with Crippen LogP contribution in [0.15, 0.2) is 30.4 Å². The lowest BCUT2D eigenvalue weighted by molar-refractivity contribution is -0.131. The first-order valence-corrected chi connectivity index (χ1v) is 10.5. The van der Waals surface area contributed by atoms with Gasteiger partial charge in [0.15, 0.2) is 0 Å². The molecule has 1 fully saturated rings.